The molecule has 0 unspecified atom stereocenters. The minimum Gasteiger partial charge on any atom is -0.330 e. The van der Waals surface area contributed by atoms with Gasteiger partial charge in [0.05, 0.1) is 5.69 Å². The van der Waals surface area contributed by atoms with Crippen molar-refractivity contribution in [2.24, 2.45) is 5.73 Å². The van der Waals surface area contributed by atoms with Gasteiger partial charge in [0, 0.05) is 19.2 Å². The predicted octanol–water partition coefficient (Wildman–Crippen LogP) is 0.145. The van der Waals surface area contributed by atoms with Crippen molar-refractivity contribution in [1.82, 2.24) is 29.8 Å². The SMILES string of the molecule is NCCCc1cn(Cc2nnc3n2CCCC3)nn1. The number of fused-ring (bicyclic) bond motifs is 1. The third kappa shape index (κ3) is 2.65. The normalized spacial score (nSPS) is 14.6. The van der Waals surface area contributed by atoms with E-state index in [1.165, 1.54) is 12.8 Å². The van der Waals surface area contributed by atoms with E-state index in [1.54, 1.807) is 0 Å². The van der Waals surface area contributed by atoms with Crippen LogP contribution in [-0.2, 0) is 25.9 Å². The van der Waals surface area contributed by atoms with E-state index in [2.05, 4.69) is 25.1 Å². The van der Waals surface area contributed by atoms with Gasteiger partial charge in [-0.3, -0.25) is 0 Å². The molecule has 7 heteroatoms. The Bertz CT molecular complexity index is 542. The summed E-state index contributed by atoms with van der Waals surface area (Å²) >= 11 is 0. The summed E-state index contributed by atoms with van der Waals surface area (Å²) in [5.41, 5.74) is 6.48. The van der Waals surface area contributed by atoms with E-state index in [0.29, 0.717) is 13.1 Å². The summed E-state index contributed by atoms with van der Waals surface area (Å²) in [7, 11) is 0. The van der Waals surface area contributed by atoms with E-state index >= 15 is 0 Å². The molecule has 0 fully saturated rings. The Labute approximate surface area is 111 Å². The number of hydrogen-bond donors (Lipinski definition) is 1. The zero-order chi connectivity index (χ0) is 13.1. The van der Waals surface area contributed by atoms with Crippen molar-refractivity contribution >= 4 is 0 Å². The number of rotatable bonds is 5. The highest BCUT2D eigenvalue weighted by atomic mass is 15.4. The maximum absolute atomic E-state index is 5.49. The van der Waals surface area contributed by atoms with Crippen LogP contribution >= 0.6 is 0 Å². The molecular formula is C12H19N7. The molecule has 3 rings (SSSR count). The lowest BCUT2D eigenvalue weighted by Gasteiger charge is -2.14. The molecule has 0 bridgehead atoms. The number of aromatic nitrogens is 6. The van der Waals surface area contributed by atoms with Gasteiger partial charge in [-0.05, 0) is 32.2 Å². The van der Waals surface area contributed by atoms with Gasteiger partial charge in [-0.25, -0.2) is 4.68 Å². The summed E-state index contributed by atoms with van der Waals surface area (Å²) < 4.78 is 4.04. The largest absolute Gasteiger partial charge is 0.330 e. The van der Waals surface area contributed by atoms with E-state index < -0.39 is 0 Å². The Morgan fingerprint density at radius 2 is 2.16 bits per heavy atom. The third-order valence-corrected chi connectivity index (χ3v) is 3.46. The van der Waals surface area contributed by atoms with Crippen molar-refractivity contribution < 1.29 is 0 Å². The van der Waals surface area contributed by atoms with Gasteiger partial charge in [0.1, 0.15) is 12.4 Å². The average molecular weight is 261 g/mol. The van der Waals surface area contributed by atoms with Crippen LogP contribution in [0.25, 0.3) is 0 Å². The maximum atomic E-state index is 5.49. The van der Waals surface area contributed by atoms with Crippen molar-refractivity contribution in [1.29, 1.82) is 0 Å². The molecule has 102 valence electrons. The van der Waals surface area contributed by atoms with E-state index in [-0.39, 0.29) is 0 Å². The van der Waals surface area contributed by atoms with Gasteiger partial charge >= 0.3 is 0 Å². The summed E-state index contributed by atoms with van der Waals surface area (Å²) in [4.78, 5) is 0. The number of aryl methyl sites for hydroxylation is 2. The van der Waals surface area contributed by atoms with Crippen molar-refractivity contribution in [2.45, 2.75) is 45.2 Å². The van der Waals surface area contributed by atoms with Crippen molar-refractivity contribution in [2.75, 3.05) is 6.54 Å². The fraction of sp³-hybridized carbons (Fsp3) is 0.667. The molecule has 3 heterocycles. The van der Waals surface area contributed by atoms with Crippen LogP contribution in [0.5, 0.6) is 0 Å². The summed E-state index contributed by atoms with van der Waals surface area (Å²) in [5.74, 6) is 2.08. The van der Waals surface area contributed by atoms with Crippen LogP contribution in [0.15, 0.2) is 6.20 Å². The first-order valence-corrected chi connectivity index (χ1v) is 6.87. The van der Waals surface area contributed by atoms with Crippen molar-refractivity contribution in [3.05, 3.63) is 23.5 Å². The molecule has 0 radical (unpaired) electrons. The summed E-state index contributed by atoms with van der Waals surface area (Å²) in [6.45, 7) is 2.35. The second kappa shape index (κ2) is 5.48. The molecule has 19 heavy (non-hydrogen) atoms. The lowest BCUT2D eigenvalue weighted by Crippen LogP contribution is -2.15. The van der Waals surface area contributed by atoms with E-state index in [1.807, 2.05) is 10.9 Å². The maximum Gasteiger partial charge on any atom is 0.154 e. The fourth-order valence-electron chi connectivity index (χ4n) is 2.44. The second-order valence-electron chi connectivity index (χ2n) is 4.94. The molecule has 0 saturated heterocycles. The molecule has 2 N–H and O–H groups in total. The first-order chi connectivity index (χ1) is 9.36. The first kappa shape index (κ1) is 12.3. The van der Waals surface area contributed by atoms with Gasteiger partial charge in [-0.2, -0.15) is 0 Å². The van der Waals surface area contributed by atoms with Crippen LogP contribution in [0.3, 0.4) is 0 Å². The predicted molar refractivity (Wildman–Crippen MR) is 69.5 cm³/mol. The van der Waals surface area contributed by atoms with Crippen LogP contribution < -0.4 is 5.73 Å². The highest BCUT2D eigenvalue weighted by Crippen LogP contribution is 2.14. The Kier molecular flexibility index (Phi) is 3.54. The Morgan fingerprint density at radius 1 is 1.21 bits per heavy atom. The summed E-state index contributed by atoms with van der Waals surface area (Å²) in [6.07, 6.45) is 7.25. The molecule has 2 aromatic heterocycles. The smallest absolute Gasteiger partial charge is 0.154 e. The topological polar surface area (TPSA) is 87.4 Å². The highest BCUT2D eigenvalue weighted by molar-refractivity contribution is 5.00. The standard InChI is InChI=1S/C12H19N7/c13-6-3-4-10-8-18(17-14-10)9-12-16-15-11-5-1-2-7-19(11)12/h8H,1-7,9,13H2. The highest BCUT2D eigenvalue weighted by Gasteiger charge is 2.16. The lowest BCUT2D eigenvalue weighted by molar-refractivity contribution is 0.493. The minimum absolute atomic E-state index is 0.641. The number of hydrogen-bond acceptors (Lipinski definition) is 5. The zero-order valence-corrected chi connectivity index (χ0v) is 11.0. The van der Waals surface area contributed by atoms with Gasteiger partial charge in [0.25, 0.3) is 0 Å². The molecule has 0 amide bonds. The Balaban J connectivity index is 1.71. The lowest BCUT2D eigenvalue weighted by atomic mass is 10.2. The van der Waals surface area contributed by atoms with Gasteiger partial charge in [-0.1, -0.05) is 5.21 Å². The Morgan fingerprint density at radius 3 is 3.05 bits per heavy atom. The van der Waals surface area contributed by atoms with Crippen molar-refractivity contribution in [3.8, 4) is 0 Å². The van der Waals surface area contributed by atoms with Crippen LogP contribution in [-0.4, -0.2) is 36.3 Å². The van der Waals surface area contributed by atoms with Crippen LogP contribution in [0, 0.1) is 0 Å². The molecule has 7 nitrogen and oxygen atoms in total. The second-order valence-corrected chi connectivity index (χ2v) is 4.94. The molecule has 1 aliphatic heterocycles. The van der Waals surface area contributed by atoms with Crippen LogP contribution in [0.1, 0.15) is 36.6 Å². The molecule has 1 aliphatic rings. The Hall–Kier alpha value is -1.76. The van der Waals surface area contributed by atoms with Gasteiger partial charge in [0.15, 0.2) is 5.82 Å². The van der Waals surface area contributed by atoms with Crippen molar-refractivity contribution in [3.63, 3.8) is 0 Å². The van der Waals surface area contributed by atoms with Gasteiger partial charge in [-0.15, -0.1) is 15.3 Å². The number of nitrogens with two attached hydrogens (primary N) is 1. The van der Waals surface area contributed by atoms with Crippen LogP contribution in [0.2, 0.25) is 0 Å². The zero-order valence-electron chi connectivity index (χ0n) is 11.0. The fourth-order valence-corrected chi connectivity index (χ4v) is 2.44. The first-order valence-electron chi connectivity index (χ1n) is 6.87. The molecule has 0 aliphatic carbocycles. The summed E-state index contributed by atoms with van der Waals surface area (Å²) in [6, 6.07) is 0. The summed E-state index contributed by atoms with van der Waals surface area (Å²) in [5, 5.41) is 16.8. The third-order valence-electron chi connectivity index (χ3n) is 3.46. The molecule has 0 aromatic carbocycles. The average Bonchev–Trinajstić information content (AvgIpc) is 3.05. The molecule has 0 spiro atoms. The molecule has 2 aromatic rings. The quantitative estimate of drug-likeness (QED) is 0.827. The van der Waals surface area contributed by atoms with Gasteiger partial charge < -0.3 is 10.3 Å². The molecule has 0 saturated carbocycles. The number of nitrogens with zero attached hydrogens (tertiary/aromatic N) is 6. The molecule has 0 atom stereocenters. The van der Waals surface area contributed by atoms with Gasteiger partial charge in [0.2, 0.25) is 0 Å². The molecular weight excluding hydrogens is 242 g/mol. The van der Waals surface area contributed by atoms with Crippen LogP contribution in [0.4, 0.5) is 0 Å². The van der Waals surface area contributed by atoms with E-state index in [0.717, 1.165) is 43.1 Å². The van der Waals surface area contributed by atoms with E-state index in [4.69, 9.17) is 5.73 Å². The monoisotopic (exact) mass is 261 g/mol. The van der Waals surface area contributed by atoms with E-state index in [9.17, 15) is 0 Å². The minimum atomic E-state index is 0.641.